The van der Waals surface area contributed by atoms with E-state index in [1.54, 1.807) is 0 Å². The topological polar surface area (TPSA) is 40.5 Å². The highest BCUT2D eigenvalue weighted by atomic mass is 16.4. The summed E-state index contributed by atoms with van der Waals surface area (Å²) in [4.78, 5) is 12.8. The van der Waals surface area contributed by atoms with Gasteiger partial charge in [0.25, 0.3) is 0 Å². The van der Waals surface area contributed by atoms with Crippen molar-refractivity contribution < 1.29 is 9.90 Å². The largest absolute Gasteiger partial charge is 0.480 e. The van der Waals surface area contributed by atoms with E-state index >= 15 is 0 Å². The summed E-state index contributed by atoms with van der Waals surface area (Å²) in [6.07, 6.45) is 0.624. The summed E-state index contributed by atoms with van der Waals surface area (Å²) in [7, 11) is 1.84. The smallest absolute Gasteiger partial charge is 0.320 e. The SMILES string of the molecule is CCC(C(=O)O)N(C)Cc1ccccc1. The maximum Gasteiger partial charge on any atom is 0.320 e. The summed E-state index contributed by atoms with van der Waals surface area (Å²) in [6, 6.07) is 9.49. The number of hydrogen-bond donors (Lipinski definition) is 1. The molecule has 0 bridgehead atoms. The van der Waals surface area contributed by atoms with Crippen LogP contribution in [-0.2, 0) is 11.3 Å². The summed E-state index contributed by atoms with van der Waals surface area (Å²) in [5.74, 6) is -0.754. The molecule has 0 aliphatic rings. The van der Waals surface area contributed by atoms with Crippen LogP contribution < -0.4 is 0 Å². The van der Waals surface area contributed by atoms with Crippen molar-refractivity contribution in [2.24, 2.45) is 0 Å². The predicted octanol–water partition coefficient (Wildman–Crippen LogP) is 1.98. The molecule has 0 heterocycles. The van der Waals surface area contributed by atoms with Crippen molar-refractivity contribution in [3.63, 3.8) is 0 Å². The maximum absolute atomic E-state index is 10.9. The van der Waals surface area contributed by atoms with Gasteiger partial charge in [-0.05, 0) is 19.0 Å². The van der Waals surface area contributed by atoms with Crippen molar-refractivity contribution in [3.8, 4) is 0 Å². The molecule has 82 valence electrons. The zero-order valence-electron chi connectivity index (χ0n) is 9.18. The Morgan fingerprint density at radius 1 is 1.40 bits per heavy atom. The second-order valence-electron chi connectivity index (χ2n) is 3.66. The fraction of sp³-hybridized carbons (Fsp3) is 0.417. The number of nitrogens with zero attached hydrogens (tertiary/aromatic N) is 1. The van der Waals surface area contributed by atoms with Gasteiger partial charge in [-0.2, -0.15) is 0 Å². The quantitative estimate of drug-likeness (QED) is 0.802. The molecule has 0 saturated carbocycles. The first-order valence-electron chi connectivity index (χ1n) is 5.12. The third-order valence-electron chi connectivity index (χ3n) is 2.48. The maximum atomic E-state index is 10.9. The van der Waals surface area contributed by atoms with Crippen LogP contribution in [0.3, 0.4) is 0 Å². The molecule has 1 aromatic carbocycles. The lowest BCUT2D eigenvalue weighted by Gasteiger charge is -2.23. The van der Waals surface area contributed by atoms with Crippen molar-refractivity contribution in [2.75, 3.05) is 7.05 Å². The van der Waals surface area contributed by atoms with Crippen LogP contribution in [0.4, 0.5) is 0 Å². The zero-order chi connectivity index (χ0) is 11.3. The van der Waals surface area contributed by atoms with Crippen molar-refractivity contribution in [3.05, 3.63) is 35.9 Å². The van der Waals surface area contributed by atoms with Crippen LogP contribution in [0.2, 0.25) is 0 Å². The van der Waals surface area contributed by atoms with Crippen molar-refractivity contribution in [1.82, 2.24) is 4.90 Å². The predicted molar refractivity (Wildman–Crippen MR) is 59.6 cm³/mol. The van der Waals surface area contributed by atoms with Gasteiger partial charge < -0.3 is 5.11 Å². The van der Waals surface area contributed by atoms with Gasteiger partial charge in [0.1, 0.15) is 6.04 Å². The van der Waals surface area contributed by atoms with E-state index in [2.05, 4.69) is 0 Å². The summed E-state index contributed by atoms with van der Waals surface area (Å²) in [5, 5.41) is 8.98. The Balaban J connectivity index is 2.62. The van der Waals surface area contributed by atoms with Crippen LogP contribution in [-0.4, -0.2) is 29.1 Å². The van der Waals surface area contributed by atoms with Gasteiger partial charge in [0, 0.05) is 6.54 Å². The van der Waals surface area contributed by atoms with Crippen molar-refractivity contribution in [2.45, 2.75) is 25.9 Å². The summed E-state index contributed by atoms with van der Waals surface area (Å²) < 4.78 is 0. The Morgan fingerprint density at radius 3 is 2.47 bits per heavy atom. The Labute approximate surface area is 90.3 Å². The Bertz CT molecular complexity index is 311. The van der Waals surface area contributed by atoms with Gasteiger partial charge in [-0.1, -0.05) is 37.3 Å². The molecule has 1 rings (SSSR count). The number of hydrogen-bond acceptors (Lipinski definition) is 2. The fourth-order valence-corrected chi connectivity index (χ4v) is 1.66. The van der Waals surface area contributed by atoms with Crippen LogP contribution in [0.1, 0.15) is 18.9 Å². The van der Waals surface area contributed by atoms with Gasteiger partial charge in [0.05, 0.1) is 0 Å². The minimum absolute atomic E-state index is 0.398. The van der Waals surface area contributed by atoms with Gasteiger partial charge in [-0.3, -0.25) is 9.69 Å². The molecule has 1 unspecified atom stereocenters. The van der Waals surface area contributed by atoms with E-state index in [0.29, 0.717) is 13.0 Å². The molecule has 0 fully saturated rings. The van der Waals surface area contributed by atoms with Crippen LogP contribution in [0.25, 0.3) is 0 Å². The molecule has 1 N–H and O–H groups in total. The van der Waals surface area contributed by atoms with Crippen molar-refractivity contribution >= 4 is 5.97 Å². The number of carboxylic acid groups (broad SMARTS) is 1. The molecule has 0 amide bonds. The van der Waals surface area contributed by atoms with Crippen LogP contribution in [0.15, 0.2) is 30.3 Å². The number of carbonyl (C=O) groups is 1. The van der Waals surface area contributed by atoms with E-state index in [-0.39, 0.29) is 0 Å². The molecule has 0 saturated heterocycles. The lowest BCUT2D eigenvalue weighted by atomic mass is 10.1. The minimum Gasteiger partial charge on any atom is -0.480 e. The molecule has 1 aromatic rings. The van der Waals surface area contributed by atoms with E-state index in [0.717, 1.165) is 5.56 Å². The van der Waals surface area contributed by atoms with Crippen LogP contribution in [0.5, 0.6) is 0 Å². The first kappa shape index (κ1) is 11.7. The summed E-state index contributed by atoms with van der Waals surface area (Å²) >= 11 is 0. The highest BCUT2D eigenvalue weighted by Crippen LogP contribution is 2.08. The molecule has 0 aliphatic heterocycles. The van der Waals surface area contributed by atoms with Gasteiger partial charge in [-0.25, -0.2) is 0 Å². The van der Waals surface area contributed by atoms with Gasteiger partial charge >= 0.3 is 5.97 Å². The average Bonchev–Trinajstić information content (AvgIpc) is 2.19. The number of benzene rings is 1. The highest BCUT2D eigenvalue weighted by Gasteiger charge is 2.19. The molecule has 0 aliphatic carbocycles. The van der Waals surface area contributed by atoms with Gasteiger partial charge in [-0.15, -0.1) is 0 Å². The summed E-state index contributed by atoms with van der Waals surface area (Å²) in [5.41, 5.74) is 1.14. The third-order valence-corrected chi connectivity index (χ3v) is 2.48. The lowest BCUT2D eigenvalue weighted by molar-refractivity contribution is -0.143. The van der Waals surface area contributed by atoms with Crippen molar-refractivity contribution in [1.29, 1.82) is 0 Å². The molecule has 3 heteroatoms. The molecular formula is C12H17NO2. The minimum atomic E-state index is -0.754. The number of carboxylic acids is 1. The van der Waals surface area contributed by atoms with E-state index in [9.17, 15) is 4.79 Å². The average molecular weight is 207 g/mol. The lowest BCUT2D eigenvalue weighted by Crippen LogP contribution is -2.37. The number of rotatable bonds is 5. The number of likely N-dealkylation sites (N-methyl/N-ethyl adjacent to an activating group) is 1. The monoisotopic (exact) mass is 207 g/mol. The van der Waals surface area contributed by atoms with Crippen LogP contribution >= 0.6 is 0 Å². The molecule has 1 atom stereocenters. The third kappa shape index (κ3) is 3.36. The Hall–Kier alpha value is -1.35. The van der Waals surface area contributed by atoms with E-state index < -0.39 is 12.0 Å². The molecule has 0 spiro atoms. The van der Waals surface area contributed by atoms with E-state index in [4.69, 9.17) is 5.11 Å². The van der Waals surface area contributed by atoms with Crippen LogP contribution in [0, 0.1) is 0 Å². The van der Waals surface area contributed by atoms with E-state index in [1.165, 1.54) is 0 Å². The molecule has 0 radical (unpaired) electrons. The van der Waals surface area contributed by atoms with E-state index in [1.807, 2.05) is 49.2 Å². The molecule has 15 heavy (non-hydrogen) atoms. The Kier molecular flexibility index (Phi) is 4.31. The first-order chi connectivity index (χ1) is 7.15. The van der Waals surface area contributed by atoms with Gasteiger partial charge in [0.2, 0.25) is 0 Å². The zero-order valence-corrected chi connectivity index (χ0v) is 9.18. The highest BCUT2D eigenvalue weighted by molar-refractivity contribution is 5.73. The normalized spacial score (nSPS) is 12.7. The second kappa shape index (κ2) is 5.51. The fourth-order valence-electron chi connectivity index (χ4n) is 1.66. The number of aliphatic carboxylic acids is 1. The summed E-state index contributed by atoms with van der Waals surface area (Å²) in [6.45, 7) is 2.56. The van der Waals surface area contributed by atoms with Gasteiger partial charge in [0.15, 0.2) is 0 Å². The first-order valence-corrected chi connectivity index (χ1v) is 5.12. The second-order valence-corrected chi connectivity index (χ2v) is 3.66. The molecule has 0 aromatic heterocycles. The standard InChI is InChI=1S/C12H17NO2/c1-3-11(12(14)15)13(2)9-10-7-5-4-6-8-10/h4-8,11H,3,9H2,1-2H3,(H,14,15). The molecular weight excluding hydrogens is 190 g/mol. The Morgan fingerprint density at radius 2 is 2.00 bits per heavy atom. The molecule has 3 nitrogen and oxygen atoms in total.